The first-order valence-electron chi connectivity index (χ1n) is 5.82. The number of carbonyl (C=O) groups is 2. The molecule has 0 aliphatic carbocycles. The highest BCUT2D eigenvalue weighted by Crippen LogP contribution is 2.12. The third kappa shape index (κ3) is 3.58. The lowest BCUT2D eigenvalue weighted by atomic mass is 10.2. The molecule has 0 atom stereocenters. The summed E-state index contributed by atoms with van der Waals surface area (Å²) in [6, 6.07) is 8.54. The van der Waals surface area contributed by atoms with Crippen LogP contribution in [-0.4, -0.2) is 33.8 Å². The lowest BCUT2D eigenvalue weighted by Crippen LogP contribution is -2.20. The van der Waals surface area contributed by atoms with Gasteiger partial charge in [0.15, 0.2) is 12.4 Å². The van der Waals surface area contributed by atoms with Crippen molar-refractivity contribution in [2.45, 2.75) is 6.92 Å². The molecule has 0 aliphatic heterocycles. The molecule has 3 N–H and O–H groups in total. The summed E-state index contributed by atoms with van der Waals surface area (Å²) < 4.78 is 5.31. The Morgan fingerprint density at radius 2 is 2.20 bits per heavy atom. The number of carboxylic acid groups (broad SMARTS) is 1. The van der Waals surface area contributed by atoms with E-state index in [0.29, 0.717) is 5.75 Å². The van der Waals surface area contributed by atoms with Crippen LogP contribution in [0.4, 0.5) is 5.82 Å². The van der Waals surface area contributed by atoms with Crippen LogP contribution in [0.1, 0.15) is 16.1 Å². The van der Waals surface area contributed by atoms with Crippen LogP contribution in [0.3, 0.4) is 0 Å². The van der Waals surface area contributed by atoms with Gasteiger partial charge in [0.25, 0.3) is 5.91 Å². The van der Waals surface area contributed by atoms with Gasteiger partial charge >= 0.3 is 5.97 Å². The van der Waals surface area contributed by atoms with E-state index in [1.807, 2.05) is 25.1 Å². The normalized spacial score (nSPS) is 10.1. The Kier molecular flexibility index (Phi) is 3.99. The molecule has 0 saturated carbocycles. The molecular formula is C13H13N3O4. The molecule has 7 nitrogen and oxygen atoms in total. The zero-order valence-electron chi connectivity index (χ0n) is 10.7. The van der Waals surface area contributed by atoms with Crippen LogP contribution in [0.25, 0.3) is 0 Å². The van der Waals surface area contributed by atoms with Crippen LogP contribution in [0.5, 0.6) is 5.75 Å². The second-order valence-corrected chi connectivity index (χ2v) is 4.13. The number of nitrogens with one attached hydrogen (secondary N) is 2. The minimum absolute atomic E-state index is 0.0973. The van der Waals surface area contributed by atoms with Gasteiger partial charge in [-0.25, -0.2) is 4.79 Å². The zero-order valence-corrected chi connectivity index (χ0v) is 10.7. The summed E-state index contributed by atoms with van der Waals surface area (Å²) in [5.41, 5.74) is 0.932. The summed E-state index contributed by atoms with van der Waals surface area (Å²) >= 11 is 0. The fourth-order valence-electron chi connectivity index (χ4n) is 1.53. The molecule has 1 aromatic heterocycles. The lowest BCUT2D eigenvalue weighted by molar-refractivity contribution is -0.118. The molecule has 1 amide bonds. The number of nitrogens with zero attached hydrogens (tertiary/aromatic N) is 1. The van der Waals surface area contributed by atoms with Crippen molar-refractivity contribution >= 4 is 17.7 Å². The molecule has 0 bridgehead atoms. The smallest absolute Gasteiger partial charge is 0.353 e. The number of aryl methyl sites for hydroxylation is 1. The van der Waals surface area contributed by atoms with Gasteiger partial charge in [0.2, 0.25) is 0 Å². The fraction of sp³-hybridized carbons (Fsp3) is 0.154. The molecule has 1 heterocycles. The van der Waals surface area contributed by atoms with Crippen molar-refractivity contribution in [2.75, 3.05) is 11.9 Å². The number of aromatic amines is 1. The van der Waals surface area contributed by atoms with Crippen molar-refractivity contribution in [1.29, 1.82) is 0 Å². The van der Waals surface area contributed by atoms with E-state index in [1.165, 1.54) is 6.07 Å². The minimum atomic E-state index is -1.14. The van der Waals surface area contributed by atoms with Gasteiger partial charge in [-0.05, 0) is 24.6 Å². The highest BCUT2D eigenvalue weighted by molar-refractivity contribution is 5.93. The number of ether oxygens (including phenoxy) is 1. The summed E-state index contributed by atoms with van der Waals surface area (Å²) in [6.45, 7) is 1.74. The monoisotopic (exact) mass is 275 g/mol. The molecule has 2 aromatic rings. The van der Waals surface area contributed by atoms with E-state index in [-0.39, 0.29) is 18.1 Å². The Balaban J connectivity index is 1.87. The first-order valence-corrected chi connectivity index (χ1v) is 5.82. The van der Waals surface area contributed by atoms with Gasteiger partial charge in [-0.2, -0.15) is 5.10 Å². The zero-order chi connectivity index (χ0) is 14.5. The maximum Gasteiger partial charge on any atom is 0.353 e. The van der Waals surface area contributed by atoms with E-state index in [0.717, 1.165) is 5.56 Å². The van der Waals surface area contributed by atoms with E-state index in [1.54, 1.807) is 6.07 Å². The van der Waals surface area contributed by atoms with Gasteiger partial charge in [-0.1, -0.05) is 12.1 Å². The second kappa shape index (κ2) is 5.87. The molecule has 20 heavy (non-hydrogen) atoms. The molecule has 7 heteroatoms. The fourth-order valence-corrected chi connectivity index (χ4v) is 1.53. The molecule has 0 unspecified atom stereocenters. The summed E-state index contributed by atoms with van der Waals surface area (Å²) in [5.74, 6) is -0.836. The number of carbonyl (C=O) groups excluding carboxylic acids is 1. The van der Waals surface area contributed by atoms with Crippen LogP contribution in [0, 0.1) is 6.92 Å². The number of aromatic carboxylic acids is 1. The standard InChI is InChI=1S/C13H13N3O4/c1-8-3-2-4-9(5-8)20-7-12(17)14-11-6-10(13(18)19)15-16-11/h2-6H,7H2,1H3,(H,18,19)(H2,14,15,16,17). The summed E-state index contributed by atoms with van der Waals surface area (Å²) in [6.07, 6.45) is 0. The maximum absolute atomic E-state index is 11.6. The number of aromatic nitrogens is 2. The van der Waals surface area contributed by atoms with E-state index in [4.69, 9.17) is 9.84 Å². The molecule has 0 fully saturated rings. The third-order valence-corrected chi connectivity index (χ3v) is 2.44. The first kappa shape index (κ1) is 13.6. The molecule has 2 rings (SSSR count). The summed E-state index contributed by atoms with van der Waals surface area (Å²) in [4.78, 5) is 22.2. The van der Waals surface area contributed by atoms with E-state index in [2.05, 4.69) is 15.5 Å². The quantitative estimate of drug-likeness (QED) is 0.765. The van der Waals surface area contributed by atoms with Gasteiger partial charge in [0.1, 0.15) is 11.4 Å². The Hall–Kier alpha value is -2.83. The molecular weight excluding hydrogens is 262 g/mol. The molecule has 104 valence electrons. The summed E-state index contributed by atoms with van der Waals surface area (Å²) in [5, 5.41) is 17.1. The van der Waals surface area contributed by atoms with Crippen molar-refractivity contribution in [3.05, 3.63) is 41.6 Å². The second-order valence-electron chi connectivity index (χ2n) is 4.13. The molecule has 0 aliphatic rings. The predicted molar refractivity (Wildman–Crippen MR) is 70.9 cm³/mol. The first-order chi connectivity index (χ1) is 9.54. The number of H-pyrrole nitrogens is 1. The van der Waals surface area contributed by atoms with Crippen molar-refractivity contribution in [1.82, 2.24) is 10.2 Å². The van der Waals surface area contributed by atoms with E-state index < -0.39 is 11.9 Å². The number of hydrogen-bond acceptors (Lipinski definition) is 4. The Morgan fingerprint density at radius 3 is 2.85 bits per heavy atom. The highest BCUT2D eigenvalue weighted by Gasteiger charge is 2.10. The number of benzene rings is 1. The van der Waals surface area contributed by atoms with Crippen molar-refractivity contribution in [3.63, 3.8) is 0 Å². The minimum Gasteiger partial charge on any atom is -0.484 e. The summed E-state index contributed by atoms with van der Waals surface area (Å²) in [7, 11) is 0. The maximum atomic E-state index is 11.6. The Morgan fingerprint density at radius 1 is 1.40 bits per heavy atom. The molecule has 0 radical (unpaired) electrons. The van der Waals surface area contributed by atoms with Crippen LogP contribution in [0.15, 0.2) is 30.3 Å². The van der Waals surface area contributed by atoms with Gasteiger partial charge in [-0.15, -0.1) is 0 Å². The van der Waals surface area contributed by atoms with Crippen LogP contribution >= 0.6 is 0 Å². The highest BCUT2D eigenvalue weighted by atomic mass is 16.5. The van der Waals surface area contributed by atoms with Crippen LogP contribution in [0.2, 0.25) is 0 Å². The van der Waals surface area contributed by atoms with E-state index >= 15 is 0 Å². The van der Waals surface area contributed by atoms with Gasteiger partial charge < -0.3 is 15.2 Å². The van der Waals surface area contributed by atoms with Crippen LogP contribution in [-0.2, 0) is 4.79 Å². The Bertz CT molecular complexity index is 636. The van der Waals surface area contributed by atoms with Crippen molar-refractivity contribution < 1.29 is 19.4 Å². The average Bonchev–Trinajstić information content (AvgIpc) is 2.85. The largest absolute Gasteiger partial charge is 0.484 e. The third-order valence-electron chi connectivity index (χ3n) is 2.44. The number of rotatable bonds is 5. The average molecular weight is 275 g/mol. The number of hydrogen-bond donors (Lipinski definition) is 3. The topological polar surface area (TPSA) is 104 Å². The van der Waals surface area contributed by atoms with Crippen molar-refractivity contribution in [3.8, 4) is 5.75 Å². The van der Waals surface area contributed by atoms with Gasteiger partial charge in [0, 0.05) is 6.07 Å². The molecule has 0 saturated heterocycles. The lowest BCUT2D eigenvalue weighted by Gasteiger charge is -2.06. The molecule has 0 spiro atoms. The van der Waals surface area contributed by atoms with Crippen molar-refractivity contribution in [2.24, 2.45) is 0 Å². The van der Waals surface area contributed by atoms with Gasteiger partial charge in [0.05, 0.1) is 0 Å². The number of carboxylic acids is 1. The van der Waals surface area contributed by atoms with Crippen LogP contribution < -0.4 is 10.1 Å². The number of anilines is 1. The van der Waals surface area contributed by atoms with E-state index in [9.17, 15) is 9.59 Å². The Labute approximate surface area is 114 Å². The number of amides is 1. The predicted octanol–water partition coefficient (Wildman–Crippen LogP) is 1.43. The molecule has 1 aromatic carbocycles. The SMILES string of the molecule is Cc1cccc(OCC(=O)Nc2cc(C(=O)O)[nH]n2)c1. The van der Waals surface area contributed by atoms with Gasteiger partial charge in [-0.3, -0.25) is 9.89 Å².